The summed E-state index contributed by atoms with van der Waals surface area (Å²) in [5.41, 5.74) is -1.79. The Hall–Kier alpha value is -3.96. The van der Waals surface area contributed by atoms with Crippen molar-refractivity contribution in [1.29, 1.82) is 0 Å². The first-order valence-electron chi connectivity index (χ1n) is 12.3. The van der Waals surface area contributed by atoms with Gasteiger partial charge in [-0.1, -0.05) is 17.3 Å². The van der Waals surface area contributed by atoms with Crippen LogP contribution in [-0.2, 0) is 18.8 Å². The molecule has 5 rings (SSSR count). The van der Waals surface area contributed by atoms with Gasteiger partial charge in [0.2, 0.25) is 0 Å². The molecule has 1 aliphatic rings. The monoisotopic (exact) mass is 547 g/mol. The minimum atomic E-state index is -5.00. The SMILES string of the molecule is FC(F)(F)c1cc(-c2nc(C(Cc3cccnc3N3CCCCC3)c3cccnc3)no2)cc(C(F)(F)F)c1. The molecule has 3 aromatic heterocycles. The molecule has 4 heterocycles. The summed E-state index contributed by atoms with van der Waals surface area (Å²) in [7, 11) is 0. The fourth-order valence-corrected chi connectivity index (χ4v) is 4.71. The van der Waals surface area contributed by atoms with Crippen molar-refractivity contribution in [2.24, 2.45) is 0 Å². The predicted octanol–water partition coefficient (Wildman–Crippen LogP) is 6.93. The van der Waals surface area contributed by atoms with Crippen LogP contribution in [0.4, 0.5) is 32.2 Å². The van der Waals surface area contributed by atoms with Crippen LogP contribution in [0.15, 0.2) is 65.6 Å². The molecule has 0 saturated carbocycles. The number of anilines is 1. The molecule has 204 valence electrons. The van der Waals surface area contributed by atoms with Gasteiger partial charge in [0.05, 0.1) is 17.0 Å². The summed E-state index contributed by atoms with van der Waals surface area (Å²) in [6.07, 6.45) is -1.47. The zero-order valence-corrected chi connectivity index (χ0v) is 20.5. The predicted molar refractivity (Wildman–Crippen MR) is 130 cm³/mol. The quantitative estimate of drug-likeness (QED) is 0.244. The van der Waals surface area contributed by atoms with Crippen LogP contribution >= 0.6 is 0 Å². The van der Waals surface area contributed by atoms with Crippen molar-refractivity contribution in [3.8, 4) is 11.5 Å². The van der Waals surface area contributed by atoms with Crippen LogP contribution in [-0.4, -0.2) is 33.2 Å². The summed E-state index contributed by atoms with van der Waals surface area (Å²) in [6, 6.07) is 8.47. The van der Waals surface area contributed by atoms with Crippen molar-refractivity contribution in [3.63, 3.8) is 0 Å². The highest BCUT2D eigenvalue weighted by Crippen LogP contribution is 2.39. The van der Waals surface area contributed by atoms with Gasteiger partial charge in [-0.2, -0.15) is 31.3 Å². The number of hydrogen-bond acceptors (Lipinski definition) is 6. The molecule has 1 atom stereocenters. The molecule has 6 nitrogen and oxygen atoms in total. The number of pyridine rings is 2. The normalized spacial score (nSPS) is 15.4. The second kappa shape index (κ2) is 10.7. The lowest BCUT2D eigenvalue weighted by Crippen LogP contribution is -2.31. The Kier molecular flexibility index (Phi) is 7.28. The number of halogens is 6. The Labute approximate surface area is 219 Å². The van der Waals surface area contributed by atoms with Crippen molar-refractivity contribution >= 4 is 5.82 Å². The number of benzene rings is 1. The summed E-state index contributed by atoms with van der Waals surface area (Å²) in [4.78, 5) is 15.2. The van der Waals surface area contributed by atoms with Gasteiger partial charge in [0.15, 0.2) is 5.82 Å². The van der Waals surface area contributed by atoms with E-state index in [0.29, 0.717) is 24.1 Å². The molecule has 4 aromatic rings. The highest BCUT2D eigenvalue weighted by atomic mass is 19.4. The standard InChI is InChI=1S/C27H23F6N5O/c28-26(29,30)20-12-19(13-21(15-20)27(31,32)33)25-36-23(37-39-25)22(18-7-4-8-34-16-18)14-17-6-5-9-35-24(17)38-10-2-1-3-11-38/h4-9,12-13,15-16,22H,1-3,10-11,14H2. The Balaban J connectivity index is 1.54. The van der Waals surface area contributed by atoms with E-state index in [1.807, 2.05) is 12.1 Å². The minimum absolute atomic E-state index is 0.0593. The third-order valence-corrected chi connectivity index (χ3v) is 6.62. The zero-order valence-electron chi connectivity index (χ0n) is 20.5. The maximum absolute atomic E-state index is 13.4. The molecule has 12 heteroatoms. The van der Waals surface area contributed by atoms with E-state index >= 15 is 0 Å². The van der Waals surface area contributed by atoms with Crippen molar-refractivity contribution in [3.05, 3.63) is 89.1 Å². The second-order valence-corrected chi connectivity index (χ2v) is 9.33. The number of alkyl halides is 6. The molecule has 0 amide bonds. The molecular weight excluding hydrogens is 524 g/mol. The van der Waals surface area contributed by atoms with Gasteiger partial charge in [-0.15, -0.1) is 0 Å². The zero-order chi connectivity index (χ0) is 27.6. The molecule has 0 N–H and O–H groups in total. The maximum atomic E-state index is 13.4. The van der Waals surface area contributed by atoms with E-state index in [1.165, 1.54) is 0 Å². The van der Waals surface area contributed by atoms with E-state index in [2.05, 4.69) is 25.0 Å². The molecule has 0 spiro atoms. The first-order chi connectivity index (χ1) is 18.6. The van der Waals surface area contributed by atoms with E-state index in [0.717, 1.165) is 43.7 Å². The largest absolute Gasteiger partial charge is 0.416 e. The summed E-state index contributed by atoms with van der Waals surface area (Å²) in [6.45, 7) is 1.73. The van der Waals surface area contributed by atoms with Crippen LogP contribution in [0.1, 0.15) is 53.3 Å². The average Bonchev–Trinajstić information content (AvgIpc) is 3.42. The van der Waals surface area contributed by atoms with Crippen molar-refractivity contribution in [2.75, 3.05) is 18.0 Å². The smallest absolute Gasteiger partial charge is 0.356 e. The second-order valence-electron chi connectivity index (χ2n) is 9.33. The van der Waals surface area contributed by atoms with Gasteiger partial charge in [0, 0.05) is 37.2 Å². The van der Waals surface area contributed by atoms with E-state index in [4.69, 9.17) is 4.52 Å². The van der Waals surface area contributed by atoms with E-state index in [1.54, 1.807) is 30.7 Å². The van der Waals surface area contributed by atoms with Crippen molar-refractivity contribution in [2.45, 2.75) is 44.0 Å². The van der Waals surface area contributed by atoms with Gasteiger partial charge in [-0.3, -0.25) is 4.98 Å². The average molecular weight is 548 g/mol. The third-order valence-electron chi connectivity index (χ3n) is 6.62. The van der Waals surface area contributed by atoms with Gasteiger partial charge in [0.1, 0.15) is 5.82 Å². The number of nitrogens with zero attached hydrogens (tertiary/aromatic N) is 5. The molecule has 0 radical (unpaired) electrons. The number of piperidine rings is 1. The van der Waals surface area contributed by atoms with Gasteiger partial charge in [-0.05, 0) is 67.1 Å². The van der Waals surface area contributed by atoms with E-state index < -0.39 is 40.9 Å². The Morgan fingerprint density at radius 1 is 0.872 bits per heavy atom. The first-order valence-corrected chi connectivity index (χ1v) is 12.3. The number of aromatic nitrogens is 4. The van der Waals surface area contributed by atoms with Crippen LogP contribution in [0.3, 0.4) is 0 Å². The molecule has 1 aliphatic heterocycles. The number of rotatable bonds is 6. The molecule has 1 unspecified atom stereocenters. The lowest BCUT2D eigenvalue weighted by atomic mass is 9.92. The summed E-state index contributed by atoms with van der Waals surface area (Å²) in [5.74, 6) is -0.0605. The van der Waals surface area contributed by atoms with Crippen LogP contribution in [0.5, 0.6) is 0 Å². The lowest BCUT2D eigenvalue weighted by molar-refractivity contribution is -0.143. The van der Waals surface area contributed by atoms with Gasteiger partial charge < -0.3 is 9.42 Å². The van der Waals surface area contributed by atoms with Crippen molar-refractivity contribution < 1.29 is 30.9 Å². The molecule has 1 fully saturated rings. The first kappa shape index (κ1) is 26.6. The molecule has 1 saturated heterocycles. The van der Waals surface area contributed by atoms with E-state index in [-0.39, 0.29) is 11.9 Å². The maximum Gasteiger partial charge on any atom is 0.416 e. The van der Waals surface area contributed by atoms with Crippen molar-refractivity contribution in [1.82, 2.24) is 20.1 Å². The van der Waals surface area contributed by atoms with Gasteiger partial charge in [0.25, 0.3) is 5.89 Å². The highest BCUT2D eigenvalue weighted by molar-refractivity contribution is 5.57. The summed E-state index contributed by atoms with van der Waals surface area (Å²) < 4.78 is 85.6. The highest BCUT2D eigenvalue weighted by Gasteiger charge is 2.37. The Morgan fingerprint density at radius 3 is 2.21 bits per heavy atom. The van der Waals surface area contributed by atoms with Gasteiger partial charge in [-0.25, -0.2) is 4.98 Å². The van der Waals surface area contributed by atoms with Crippen LogP contribution < -0.4 is 4.90 Å². The van der Waals surface area contributed by atoms with Gasteiger partial charge >= 0.3 is 12.4 Å². The van der Waals surface area contributed by atoms with E-state index in [9.17, 15) is 26.3 Å². The summed E-state index contributed by atoms with van der Waals surface area (Å²) >= 11 is 0. The number of hydrogen-bond donors (Lipinski definition) is 0. The van der Waals surface area contributed by atoms with Crippen LogP contribution in [0.25, 0.3) is 11.5 Å². The van der Waals surface area contributed by atoms with Crippen LogP contribution in [0.2, 0.25) is 0 Å². The molecular formula is C27H23F6N5O. The summed E-state index contributed by atoms with van der Waals surface area (Å²) in [5, 5.41) is 3.98. The molecule has 0 aliphatic carbocycles. The third kappa shape index (κ3) is 6.04. The Morgan fingerprint density at radius 2 is 1.56 bits per heavy atom. The lowest BCUT2D eigenvalue weighted by Gasteiger charge is -2.30. The molecule has 0 bridgehead atoms. The van der Waals surface area contributed by atoms with Crippen LogP contribution in [0, 0.1) is 0 Å². The minimum Gasteiger partial charge on any atom is -0.356 e. The fourth-order valence-electron chi connectivity index (χ4n) is 4.71. The topological polar surface area (TPSA) is 67.9 Å². The Bertz CT molecular complexity index is 1380. The molecule has 39 heavy (non-hydrogen) atoms. The molecule has 1 aromatic carbocycles. The fraction of sp³-hybridized carbons (Fsp3) is 0.333.